The SMILES string of the molecule is CCOc1cc(F)ccc1NCC1CC1. The van der Waals surface area contributed by atoms with Crippen LogP contribution in [0.25, 0.3) is 0 Å². The molecule has 2 rings (SSSR count). The molecular formula is C12H16FNO. The van der Waals surface area contributed by atoms with Crippen molar-refractivity contribution in [2.24, 2.45) is 5.92 Å². The maximum Gasteiger partial charge on any atom is 0.145 e. The van der Waals surface area contributed by atoms with Crippen molar-refractivity contribution in [3.8, 4) is 5.75 Å². The molecule has 0 heterocycles. The third-order valence-electron chi connectivity index (χ3n) is 2.52. The summed E-state index contributed by atoms with van der Waals surface area (Å²) in [6, 6.07) is 4.62. The highest BCUT2D eigenvalue weighted by Gasteiger charge is 2.21. The van der Waals surface area contributed by atoms with Crippen LogP contribution in [-0.4, -0.2) is 13.2 Å². The lowest BCUT2D eigenvalue weighted by Gasteiger charge is -2.11. The average Bonchev–Trinajstić information content (AvgIpc) is 3.01. The van der Waals surface area contributed by atoms with Crippen LogP contribution in [0.5, 0.6) is 5.75 Å². The second-order valence-electron chi connectivity index (χ2n) is 3.90. The fourth-order valence-corrected chi connectivity index (χ4v) is 1.49. The predicted octanol–water partition coefficient (Wildman–Crippen LogP) is 3.05. The zero-order valence-corrected chi connectivity index (χ0v) is 8.92. The van der Waals surface area contributed by atoms with E-state index in [1.165, 1.54) is 25.0 Å². The van der Waals surface area contributed by atoms with Gasteiger partial charge < -0.3 is 10.1 Å². The molecule has 0 atom stereocenters. The highest BCUT2D eigenvalue weighted by molar-refractivity contribution is 5.56. The van der Waals surface area contributed by atoms with Gasteiger partial charge in [-0.15, -0.1) is 0 Å². The molecule has 1 aromatic carbocycles. The minimum absolute atomic E-state index is 0.254. The molecule has 1 fully saturated rings. The summed E-state index contributed by atoms with van der Waals surface area (Å²) in [5, 5.41) is 3.30. The molecular weight excluding hydrogens is 193 g/mol. The van der Waals surface area contributed by atoms with Crippen LogP contribution in [0.3, 0.4) is 0 Å². The van der Waals surface area contributed by atoms with Crippen LogP contribution in [0.15, 0.2) is 18.2 Å². The summed E-state index contributed by atoms with van der Waals surface area (Å²) < 4.78 is 18.3. The van der Waals surface area contributed by atoms with E-state index in [0.29, 0.717) is 12.4 Å². The van der Waals surface area contributed by atoms with Crippen LogP contribution in [-0.2, 0) is 0 Å². The minimum atomic E-state index is -0.254. The van der Waals surface area contributed by atoms with Gasteiger partial charge in [0.15, 0.2) is 0 Å². The van der Waals surface area contributed by atoms with Crippen LogP contribution in [0.1, 0.15) is 19.8 Å². The van der Waals surface area contributed by atoms with Gasteiger partial charge in [-0.3, -0.25) is 0 Å². The summed E-state index contributed by atoms with van der Waals surface area (Å²) in [6.45, 7) is 3.42. The fourth-order valence-electron chi connectivity index (χ4n) is 1.49. The van der Waals surface area contributed by atoms with Crippen molar-refractivity contribution in [1.29, 1.82) is 0 Å². The molecule has 0 spiro atoms. The van der Waals surface area contributed by atoms with E-state index in [9.17, 15) is 4.39 Å². The number of hydrogen-bond acceptors (Lipinski definition) is 2. The number of nitrogens with one attached hydrogen (secondary N) is 1. The van der Waals surface area contributed by atoms with E-state index in [1.54, 1.807) is 6.07 Å². The second-order valence-corrected chi connectivity index (χ2v) is 3.90. The Morgan fingerprint density at radius 3 is 2.93 bits per heavy atom. The molecule has 3 heteroatoms. The Bertz CT molecular complexity index is 336. The van der Waals surface area contributed by atoms with Gasteiger partial charge in [0.1, 0.15) is 11.6 Å². The minimum Gasteiger partial charge on any atom is -0.492 e. The number of rotatable bonds is 5. The summed E-state index contributed by atoms with van der Waals surface area (Å²) in [5.74, 6) is 1.15. The number of hydrogen-bond donors (Lipinski definition) is 1. The molecule has 0 amide bonds. The van der Waals surface area contributed by atoms with Gasteiger partial charge >= 0.3 is 0 Å². The molecule has 1 aliphatic carbocycles. The first-order chi connectivity index (χ1) is 7.29. The van der Waals surface area contributed by atoms with Gasteiger partial charge in [-0.1, -0.05) is 0 Å². The van der Waals surface area contributed by atoms with E-state index in [0.717, 1.165) is 18.2 Å². The van der Waals surface area contributed by atoms with E-state index < -0.39 is 0 Å². The van der Waals surface area contributed by atoms with E-state index in [4.69, 9.17) is 4.74 Å². The van der Waals surface area contributed by atoms with Gasteiger partial charge in [0.2, 0.25) is 0 Å². The van der Waals surface area contributed by atoms with E-state index in [-0.39, 0.29) is 5.82 Å². The number of anilines is 1. The summed E-state index contributed by atoms with van der Waals surface area (Å²) >= 11 is 0. The largest absolute Gasteiger partial charge is 0.492 e. The molecule has 0 saturated heterocycles. The Hall–Kier alpha value is -1.25. The molecule has 0 radical (unpaired) electrons. The Morgan fingerprint density at radius 2 is 2.27 bits per heavy atom. The van der Waals surface area contributed by atoms with Crippen LogP contribution in [0, 0.1) is 11.7 Å². The van der Waals surface area contributed by atoms with Gasteiger partial charge in [0, 0.05) is 12.6 Å². The van der Waals surface area contributed by atoms with Crippen LogP contribution in [0.2, 0.25) is 0 Å². The van der Waals surface area contributed by atoms with E-state index in [2.05, 4.69) is 5.32 Å². The quantitative estimate of drug-likeness (QED) is 0.804. The zero-order chi connectivity index (χ0) is 10.7. The standard InChI is InChI=1S/C12H16FNO/c1-2-15-12-7-10(13)5-6-11(12)14-8-9-3-4-9/h5-7,9,14H,2-4,8H2,1H3. The predicted molar refractivity (Wildman–Crippen MR) is 58.8 cm³/mol. The Labute approximate surface area is 89.4 Å². The van der Waals surface area contributed by atoms with Crippen molar-refractivity contribution in [2.45, 2.75) is 19.8 Å². The number of halogens is 1. The summed E-state index contributed by atoms with van der Waals surface area (Å²) in [7, 11) is 0. The van der Waals surface area contributed by atoms with Gasteiger partial charge in [-0.2, -0.15) is 0 Å². The zero-order valence-electron chi connectivity index (χ0n) is 8.92. The molecule has 0 bridgehead atoms. The lowest BCUT2D eigenvalue weighted by atomic mass is 10.2. The molecule has 1 aliphatic rings. The van der Waals surface area contributed by atoms with E-state index in [1.807, 2.05) is 6.92 Å². The van der Waals surface area contributed by atoms with Crippen molar-refractivity contribution in [1.82, 2.24) is 0 Å². The first kappa shape index (κ1) is 10.3. The van der Waals surface area contributed by atoms with Gasteiger partial charge in [-0.25, -0.2) is 4.39 Å². The summed E-state index contributed by atoms with van der Waals surface area (Å²) in [5.41, 5.74) is 0.894. The van der Waals surface area contributed by atoms with Gasteiger partial charge in [0.25, 0.3) is 0 Å². The molecule has 2 nitrogen and oxygen atoms in total. The highest BCUT2D eigenvalue weighted by atomic mass is 19.1. The molecule has 15 heavy (non-hydrogen) atoms. The van der Waals surface area contributed by atoms with Crippen molar-refractivity contribution < 1.29 is 9.13 Å². The molecule has 82 valence electrons. The Morgan fingerprint density at radius 1 is 1.47 bits per heavy atom. The molecule has 0 unspecified atom stereocenters. The number of benzene rings is 1. The third kappa shape index (κ3) is 2.85. The maximum absolute atomic E-state index is 13.0. The van der Waals surface area contributed by atoms with Crippen molar-refractivity contribution in [3.05, 3.63) is 24.0 Å². The Kier molecular flexibility index (Phi) is 3.09. The maximum atomic E-state index is 13.0. The topological polar surface area (TPSA) is 21.3 Å². The van der Waals surface area contributed by atoms with Crippen molar-refractivity contribution >= 4 is 5.69 Å². The summed E-state index contributed by atoms with van der Waals surface area (Å²) in [4.78, 5) is 0. The summed E-state index contributed by atoms with van der Waals surface area (Å²) in [6.07, 6.45) is 2.61. The van der Waals surface area contributed by atoms with Crippen molar-refractivity contribution in [2.75, 3.05) is 18.5 Å². The van der Waals surface area contributed by atoms with Crippen LogP contribution >= 0.6 is 0 Å². The number of ether oxygens (including phenoxy) is 1. The third-order valence-corrected chi connectivity index (χ3v) is 2.52. The van der Waals surface area contributed by atoms with Crippen molar-refractivity contribution in [3.63, 3.8) is 0 Å². The van der Waals surface area contributed by atoms with Crippen LogP contribution < -0.4 is 10.1 Å². The molecule has 1 saturated carbocycles. The first-order valence-corrected chi connectivity index (χ1v) is 5.46. The van der Waals surface area contributed by atoms with Crippen LogP contribution in [0.4, 0.5) is 10.1 Å². The molecule has 0 aliphatic heterocycles. The normalized spacial score (nSPS) is 15.1. The second kappa shape index (κ2) is 4.51. The first-order valence-electron chi connectivity index (χ1n) is 5.46. The lowest BCUT2D eigenvalue weighted by Crippen LogP contribution is -2.05. The fraction of sp³-hybridized carbons (Fsp3) is 0.500. The van der Waals surface area contributed by atoms with Gasteiger partial charge in [-0.05, 0) is 37.8 Å². The van der Waals surface area contributed by atoms with E-state index >= 15 is 0 Å². The highest BCUT2D eigenvalue weighted by Crippen LogP contribution is 2.31. The molecule has 1 aromatic rings. The Balaban J connectivity index is 2.04. The van der Waals surface area contributed by atoms with Gasteiger partial charge in [0.05, 0.1) is 12.3 Å². The lowest BCUT2D eigenvalue weighted by molar-refractivity contribution is 0.339. The molecule has 0 aromatic heterocycles. The molecule has 1 N–H and O–H groups in total. The smallest absolute Gasteiger partial charge is 0.145 e. The average molecular weight is 209 g/mol. The monoisotopic (exact) mass is 209 g/mol.